The Bertz CT molecular complexity index is 619. The molecule has 0 aliphatic carbocycles. The lowest BCUT2D eigenvalue weighted by molar-refractivity contribution is -0.114. The highest BCUT2D eigenvalue weighted by Crippen LogP contribution is 2.17. The lowest BCUT2D eigenvalue weighted by Crippen LogP contribution is -2.21. The molecule has 0 bridgehead atoms. The average molecular weight is 312 g/mol. The van der Waals surface area contributed by atoms with Crippen LogP contribution in [0.15, 0.2) is 48.5 Å². The van der Waals surface area contributed by atoms with E-state index >= 15 is 0 Å². The minimum Gasteiger partial charge on any atom is -0.491 e. The van der Waals surface area contributed by atoms with E-state index in [1.165, 1.54) is 5.56 Å². The van der Waals surface area contributed by atoms with E-state index in [0.717, 1.165) is 23.5 Å². The summed E-state index contributed by atoms with van der Waals surface area (Å²) in [5.74, 6) is 0.753. The van der Waals surface area contributed by atoms with Crippen molar-refractivity contribution in [1.82, 2.24) is 0 Å². The Hall–Kier alpha value is -2.49. The van der Waals surface area contributed by atoms with Crippen LogP contribution in [-0.2, 0) is 11.2 Å². The van der Waals surface area contributed by atoms with Gasteiger partial charge >= 0.3 is 0 Å². The van der Waals surface area contributed by atoms with Crippen LogP contribution in [-0.4, -0.2) is 18.6 Å². The van der Waals surface area contributed by atoms with Gasteiger partial charge in [-0.2, -0.15) is 0 Å². The molecule has 0 aliphatic rings. The third-order valence-electron chi connectivity index (χ3n) is 3.33. The molecule has 0 heterocycles. The Balaban J connectivity index is 1.81. The predicted octanol–water partition coefficient (Wildman–Crippen LogP) is 4.09. The van der Waals surface area contributed by atoms with Crippen molar-refractivity contribution in [3.8, 4) is 5.75 Å². The first-order chi connectivity index (χ1) is 11.1. The number of carbonyl (C=O) groups is 1. The number of hydrogen-bond acceptors (Lipinski definition) is 3. The molecule has 1 amide bonds. The SMILES string of the molecule is CCc1ccc(NC(=O)CNc2ccc(OC(C)C)cc2)cc1. The summed E-state index contributed by atoms with van der Waals surface area (Å²) in [6.45, 7) is 6.31. The highest BCUT2D eigenvalue weighted by Gasteiger charge is 2.03. The van der Waals surface area contributed by atoms with Crippen molar-refractivity contribution < 1.29 is 9.53 Å². The van der Waals surface area contributed by atoms with Crippen LogP contribution in [0.4, 0.5) is 11.4 Å². The summed E-state index contributed by atoms with van der Waals surface area (Å²) in [6.07, 6.45) is 1.14. The predicted molar refractivity (Wildman–Crippen MR) is 95.1 cm³/mol. The second kappa shape index (κ2) is 8.22. The summed E-state index contributed by atoms with van der Waals surface area (Å²) in [4.78, 5) is 12.0. The zero-order valence-corrected chi connectivity index (χ0v) is 13.9. The van der Waals surface area contributed by atoms with Crippen LogP contribution in [0.25, 0.3) is 0 Å². The molecule has 0 spiro atoms. The maximum Gasteiger partial charge on any atom is 0.243 e. The van der Waals surface area contributed by atoms with E-state index in [-0.39, 0.29) is 18.6 Å². The minimum absolute atomic E-state index is 0.0724. The average Bonchev–Trinajstić information content (AvgIpc) is 2.54. The molecule has 0 saturated carbocycles. The van der Waals surface area contributed by atoms with Crippen LogP contribution in [0.2, 0.25) is 0 Å². The van der Waals surface area contributed by atoms with E-state index in [9.17, 15) is 4.79 Å². The number of nitrogens with one attached hydrogen (secondary N) is 2. The Morgan fingerprint density at radius 3 is 2.17 bits per heavy atom. The van der Waals surface area contributed by atoms with Crippen molar-refractivity contribution in [1.29, 1.82) is 0 Å². The van der Waals surface area contributed by atoms with Gasteiger partial charge in [0.2, 0.25) is 5.91 Å². The summed E-state index contributed by atoms with van der Waals surface area (Å²) in [5.41, 5.74) is 2.96. The van der Waals surface area contributed by atoms with Gasteiger partial charge in [-0.3, -0.25) is 4.79 Å². The maximum absolute atomic E-state index is 12.0. The van der Waals surface area contributed by atoms with E-state index in [1.807, 2.05) is 62.4 Å². The smallest absolute Gasteiger partial charge is 0.243 e. The van der Waals surface area contributed by atoms with Gasteiger partial charge in [-0.25, -0.2) is 0 Å². The van der Waals surface area contributed by atoms with Crippen molar-refractivity contribution >= 4 is 17.3 Å². The largest absolute Gasteiger partial charge is 0.491 e. The molecular weight excluding hydrogens is 288 g/mol. The molecule has 23 heavy (non-hydrogen) atoms. The Morgan fingerprint density at radius 2 is 1.61 bits per heavy atom. The number of benzene rings is 2. The summed E-state index contributed by atoms with van der Waals surface area (Å²) >= 11 is 0. The number of aryl methyl sites for hydroxylation is 1. The third-order valence-corrected chi connectivity index (χ3v) is 3.33. The highest BCUT2D eigenvalue weighted by atomic mass is 16.5. The number of carbonyl (C=O) groups excluding carboxylic acids is 1. The van der Waals surface area contributed by atoms with Crippen LogP contribution in [0, 0.1) is 0 Å². The molecule has 4 nitrogen and oxygen atoms in total. The molecule has 0 radical (unpaired) electrons. The van der Waals surface area contributed by atoms with Gasteiger partial charge in [-0.1, -0.05) is 19.1 Å². The summed E-state index contributed by atoms with van der Waals surface area (Å²) in [5, 5.41) is 5.97. The van der Waals surface area contributed by atoms with Gasteiger partial charge in [0.1, 0.15) is 5.75 Å². The lowest BCUT2D eigenvalue weighted by Gasteiger charge is -2.11. The first kappa shape index (κ1) is 16.9. The molecule has 4 heteroatoms. The van der Waals surface area contributed by atoms with Crippen molar-refractivity contribution in [3.63, 3.8) is 0 Å². The highest BCUT2D eigenvalue weighted by molar-refractivity contribution is 5.93. The fourth-order valence-corrected chi connectivity index (χ4v) is 2.13. The minimum atomic E-state index is -0.0724. The summed E-state index contributed by atoms with van der Waals surface area (Å²) in [7, 11) is 0. The fourth-order valence-electron chi connectivity index (χ4n) is 2.13. The Labute approximate surface area is 137 Å². The van der Waals surface area contributed by atoms with Gasteiger partial charge in [0.05, 0.1) is 12.6 Å². The number of hydrogen-bond donors (Lipinski definition) is 2. The van der Waals surface area contributed by atoms with Crippen LogP contribution in [0.1, 0.15) is 26.3 Å². The maximum atomic E-state index is 12.0. The summed E-state index contributed by atoms with van der Waals surface area (Å²) in [6, 6.07) is 15.5. The molecule has 2 aromatic rings. The molecule has 0 unspecified atom stereocenters. The second-order valence-corrected chi connectivity index (χ2v) is 5.64. The van der Waals surface area contributed by atoms with E-state index in [0.29, 0.717) is 0 Å². The quantitative estimate of drug-likeness (QED) is 0.809. The monoisotopic (exact) mass is 312 g/mol. The molecular formula is C19H24N2O2. The van der Waals surface area contributed by atoms with Gasteiger partial charge in [-0.15, -0.1) is 0 Å². The van der Waals surface area contributed by atoms with Gasteiger partial charge in [0, 0.05) is 11.4 Å². The molecule has 0 fully saturated rings. The Morgan fingerprint density at radius 1 is 1.00 bits per heavy atom. The topological polar surface area (TPSA) is 50.4 Å². The van der Waals surface area contributed by atoms with Crippen molar-refractivity contribution in [3.05, 3.63) is 54.1 Å². The molecule has 2 rings (SSSR count). The van der Waals surface area contributed by atoms with E-state index in [4.69, 9.17) is 4.74 Å². The molecule has 0 aromatic heterocycles. The molecule has 2 aromatic carbocycles. The van der Waals surface area contributed by atoms with E-state index in [1.54, 1.807) is 0 Å². The number of amides is 1. The van der Waals surface area contributed by atoms with Crippen LogP contribution >= 0.6 is 0 Å². The van der Waals surface area contributed by atoms with Gasteiger partial charge < -0.3 is 15.4 Å². The molecule has 0 saturated heterocycles. The first-order valence-electron chi connectivity index (χ1n) is 7.96. The summed E-state index contributed by atoms with van der Waals surface area (Å²) < 4.78 is 5.59. The number of anilines is 2. The van der Waals surface area contributed by atoms with Crippen molar-refractivity contribution in [2.75, 3.05) is 17.2 Å². The molecule has 122 valence electrons. The van der Waals surface area contributed by atoms with Gasteiger partial charge in [0.25, 0.3) is 0 Å². The number of ether oxygens (including phenoxy) is 1. The fraction of sp³-hybridized carbons (Fsp3) is 0.316. The molecule has 0 aliphatic heterocycles. The number of rotatable bonds is 7. The third kappa shape index (κ3) is 5.66. The van der Waals surface area contributed by atoms with Crippen molar-refractivity contribution in [2.45, 2.75) is 33.3 Å². The second-order valence-electron chi connectivity index (χ2n) is 5.64. The van der Waals surface area contributed by atoms with Crippen LogP contribution in [0.5, 0.6) is 5.75 Å². The molecule has 0 atom stereocenters. The first-order valence-corrected chi connectivity index (χ1v) is 7.96. The van der Waals surface area contributed by atoms with Crippen LogP contribution < -0.4 is 15.4 Å². The van der Waals surface area contributed by atoms with E-state index < -0.39 is 0 Å². The zero-order valence-electron chi connectivity index (χ0n) is 13.9. The standard InChI is InChI=1S/C19H24N2O2/c1-4-15-5-7-17(8-6-15)21-19(22)13-20-16-9-11-18(12-10-16)23-14(2)3/h5-12,14,20H,4,13H2,1-3H3,(H,21,22). The van der Waals surface area contributed by atoms with Crippen LogP contribution in [0.3, 0.4) is 0 Å². The van der Waals surface area contributed by atoms with Crippen molar-refractivity contribution in [2.24, 2.45) is 0 Å². The normalized spacial score (nSPS) is 10.4. The lowest BCUT2D eigenvalue weighted by atomic mass is 10.1. The van der Waals surface area contributed by atoms with E-state index in [2.05, 4.69) is 17.6 Å². The van der Waals surface area contributed by atoms with Gasteiger partial charge in [0.15, 0.2) is 0 Å². The van der Waals surface area contributed by atoms with Gasteiger partial charge in [-0.05, 0) is 62.2 Å². The molecule has 2 N–H and O–H groups in total. The zero-order chi connectivity index (χ0) is 16.7. The Kier molecular flexibility index (Phi) is 6.03.